The van der Waals surface area contributed by atoms with Crippen LogP contribution in [0.3, 0.4) is 0 Å². The molecule has 0 saturated heterocycles. The van der Waals surface area contributed by atoms with Gasteiger partial charge in [0, 0.05) is 19.5 Å². The van der Waals surface area contributed by atoms with Gasteiger partial charge in [0.1, 0.15) is 10.7 Å². The zero-order chi connectivity index (χ0) is 21.1. The molecule has 30 heavy (non-hydrogen) atoms. The molecule has 3 heterocycles. The van der Waals surface area contributed by atoms with Crippen LogP contribution < -0.4 is 10.9 Å². The molecule has 0 fully saturated rings. The molecule has 1 amide bonds. The molecular weight excluding hydrogens is 398 g/mol. The number of aromatic nitrogens is 4. The number of benzene rings is 1. The van der Waals surface area contributed by atoms with Crippen molar-refractivity contribution in [3.63, 3.8) is 0 Å². The smallest absolute Gasteiger partial charge is 0.262 e. The number of carbonyl (C=O) groups is 1. The number of para-hydroxylation sites is 2. The van der Waals surface area contributed by atoms with E-state index in [9.17, 15) is 9.59 Å². The fourth-order valence-corrected chi connectivity index (χ4v) is 4.62. The number of rotatable bonds is 8. The van der Waals surface area contributed by atoms with E-state index in [1.54, 1.807) is 10.9 Å². The number of imidazole rings is 1. The van der Waals surface area contributed by atoms with Gasteiger partial charge in [0.25, 0.3) is 11.5 Å². The number of hydrogen-bond donors (Lipinski definition) is 2. The van der Waals surface area contributed by atoms with E-state index in [1.807, 2.05) is 31.2 Å². The van der Waals surface area contributed by atoms with E-state index in [2.05, 4.69) is 27.2 Å². The number of nitrogens with zero attached hydrogens (tertiary/aromatic N) is 3. The SMILES string of the molecule is CCCCCn1cnc2sc(C(=O)NCCc3nc4ccccc4[nH]3)c(C)c2c1=O. The van der Waals surface area contributed by atoms with Gasteiger partial charge in [0.15, 0.2) is 0 Å². The molecule has 0 atom stereocenters. The number of hydrogen-bond acceptors (Lipinski definition) is 5. The fraction of sp³-hybridized carbons (Fsp3) is 0.364. The number of aryl methyl sites for hydroxylation is 2. The number of unbranched alkanes of at least 4 members (excludes halogenated alkanes) is 2. The molecule has 0 saturated carbocycles. The lowest BCUT2D eigenvalue weighted by Gasteiger charge is -2.04. The number of aromatic amines is 1. The van der Waals surface area contributed by atoms with Gasteiger partial charge in [-0.25, -0.2) is 9.97 Å². The van der Waals surface area contributed by atoms with Crippen molar-refractivity contribution in [3.8, 4) is 0 Å². The molecule has 0 aliphatic rings. The first-order chi connectivity index (χ1) is 14.6. The highest BCUT2D eigenvalue weighted by molar-refractivity contribution is 7.20. The lowest BCUT2D eigenvalue weighted by molar-refractivity contribution is 0.0957. The lowest BCUT2D eigenvalue weighted by atomic mass is 10.2. The van der Waals surface area contributed by atoms with Crippen molar-refractivity contribution in [3.05, 3.63) is 57.2 Å². The highest BCUT2D eigenvalue weighted by Gasteiger charge is 2.19. The van der Waals surface area contributed by atoms with Crippen LogP contribution in [-0.4, -0.2) is 32.0 Å². The Hall–Kier alpha value is -3.00. The van der Waals surface area contributed by atoms with Crippen LogP contribution in [0.2, 0.25) is 0 Å². The number of amides is 1. The predicted octanol–water partition coefficient (Wildman–Crippen LogP) is 3.81. The van der Waals surface area contributed by atoms with Crippen molar-refractivity contribution in [2.45, 2.75) is 46.1 Å². The van der Waals surface area contributed by atoms with Gasteiger partial charge < -0.3 is 10.3 Å². The highest BCUT2D eigenvalue weighted by atomic mass is 32.1. The summed E-state index contributed by atoms with van der Waals surface area (Å²) in [7, 11) is 0. The monoisotopic (exact) mass is 423 g/mol. The summed E-state index contributed by atoms with van der Waals surface area (Å²) >= 11 is 1.27. The van der Waals surface area contributed by atoms with Crippen LogP contribution in [0.5, 0.6) is 0 Å². The van der Waals surface area contributed by atoms with Crippen molar-refractivity contribution < 1.29 is 4.79 Å². The predicted molar refractivity (Wildman–Crippen MR) is 120 cm³/mol. The van der Waals surface area contributed by atoms with Crippen LogP contribution in [0.4, 0.5) is 0 Å². The normalized spacial score (nSPS) is 11.4. The average molecular weight is 424 g/mol. The molecule has 0 aliphatic heterocycles. The fourth-order valence-electron chi connectivity index (χ4n) is 3.57. The lowest BCUT2D eigenvalue weighted by Crippen LogP contribution is -2.26. The van der Waals surface area contributed by atoms with Crippen molar-refractivity contribution >= 4 is 38.5 Å². The number of H-pyrrole nitrogens is 1. The molecule has 7 nitrogen and oxygen atoms in total. The summed E-state index contributed by atoms with van der Waals surface area (Å²) in [6.07, 6.45) is 5.32. The molecular formula is C22H25N5O2S. The Balaban J connectivity index is 1.46. The van der Waals surface area contributed by atoms with Crippen LogP contribution in [-0.2, 0) is 13.0 Å². The Morgan fingerprint density at radius 2 is 2.10 bits per heavy atom. The van der Waals surface area contributed by atoms with E-state index in [0.29, 0.717) is 40.2 Å². The van der Waals surface area contributed by atoms with Crippen LogP contribution in [0.1, 0.15) is 47.2 Å². The van der Waals surface area contributed by atoms with E-state index >= 15 is 0 Å². The number of thiophene rings is 1. The van der Waals surface area contributed by atoms with Gasteiger partial charge in [-0.1, -0.05) is 31.9 Å². The summed E-state index contributed by atoms with van der Waals surface area (Å²) in [6.45, 7) is 5.07. The van der Waals surface area contributed by atoms with Gasteiger partial charge in [-0.3, -0.25) is 14.2 Å². The summed E-state index contributed by atoms with van der Waals surface area (Å²) in [5.41, 5.74) is 2.55. The topological polar surface area (TPSA) is 92.7 Å². The summed E-state index contributed by atoms with van der Waals surface area (Å²) in [4.78, 5) is 39.0. The summed E-state index contributed by atoms with van der Waals surface area (Å²) in [6, 6.07) is 7.84. The van der Waals surface area contributed by atoms with Gasteiger partial charge >= 0.3 is 0 Å². The summed E-state index contributed by atoms with van der Waals surface area (Å²) in [5.74, 6) is 0.657. The number of carbonyl (C=O) groups excluding carboxylic acids is 1. The molecule has 8 heteroatoms. The van der Waals surface area contributed by atoms with Gasteiger partial charge in [-0.15, -0.1) is 11.3 Å². The van der Waals surface area contributed by atoms with Crippen LogP contribution in [0, 0.1) is 6.92 Å². The maximum atomic E-state index is 12.8. The summed E-state index contributed by atoms with van der Waals surface area (Å²) in [5, 5.41) is 3.50. The highest BCUT2D eigenvalue weighted by Crippen LogP contribution is 2.26. The third kappa shape index (κ3) is 4.00. The van der Waals surface area contributed by atoms with Crippen molar-refractivity contribution in [1.29, 1.82) is 0 Å². The van der Waals surface area contributed by atoms with Crippen LogP contribution >= 0.6 is 11.3 Å². The van der Waals surface area contributed by atoms with Crippen molar-refractivity contribution in [2.24, 2.45) is 0 Å². The molecule has 3 aromatic heterocycles. The molecule has 156 valence electrons. The Kier molecular flexibility index (Phi) is 5.94. The largest absolute Gasteiger partial charge is 0.351 e. The molecule has 1 aromatic carbocycles. The zero-order valence-electron chi connectivity index (χ0n) is 17.2. The first-order valence-corrected chi connectivity index (χ1v) is 11.1. The molecule has 0 unspecified atom stereocenters. The van der Waals surface area contributed by atoms with E-state index in [1.165, 1.54) is 11.3 Å². The minimum atomic E-state index is -0.177. The van der Waals surface area contributed by atoms with Crippen molar-refractivity contribution in [1.82, 2.24) is 24.8 Å². The van der Waals surface area contributed by atoms with E-state index in [4.69, 9.17) is 0 Å². The van der Waals surface area contributed by atoms with E-state index in [0.717, 1.165) is 36.1 Å². The Bertz CT molecular complexity index is 1220. The molecule has 2 N–H and O–H groups in total. The van der Waals surface area contributed by atoms with Gasteiger partial charge in [-0.05, 0) is 31.0 Å². The second-order valence-corrected chi connectivity index (χ2v) is 8.39. The van der Waals surface area contributed by atoms with Crippen LogP contribution in [0.15, 0.2) is 35.4 Å². The van der Waals surface area contributed by atoms with E-state index < -0.39 is 0 Å². The van der Waals surface area contributed by atoms with Crippen LogP contribution in [0.25, 0.3) is 21.3 Å². The minimum absolute atomic E-state index is 0.0637. The first kappa shape index (κ1) is 20.3. The standard InChI is InChI=1S/C22H25N5O2S/c1-3-4-7-12-27-13-24-21-18(22(27)29)14(2)19(30-21)20(28)23-11-10-17-25-15-8-5-6-9-16(15)26-17/h5-6,8-9,13H,3-4,7,10-12H2,1-2H3,(H,23,28)(H,25,26). The van der Waals surface area contributed by atoms with Crippen molar-refractivity contribution in [2.75, 3.05) is 6.54 Å². The quantitative estimate of drug-likeness (QED) is 0.422. The van der Waals surface area contributed by atoms with Gasteiger partial charge in [-0.2, -0.15) is 0 Å². The zero-order valence-corrected chi connectivity index (χ0v) is 18.0. The minimum Gasteiger partial charge on any atom is -0.351 e. The summed E-state index contributed by atoms with van der Waals surface area (Å²) < 4.78 is 1.65. The van der Waals surface area contributed by atoms with E-state index in [-0.39, 0.29) is 11.5 Å². The molecule has 0 spiro atoms. The third-order valence-corrected chi connectivity index (χ3v) is 6.41. The Labute approximate surface area is 178 Å². The maximum Gasteiger partial charge on any atom is 0.262 e. The first-order valence-electron chi connectivity index (χ1n) is 10.3. The molecule has 4 aromatic rings. The average Bonchev–Trinajstić information content (AvgIpc) is 3.30. The Morgan fingerprint density at radius 1 is 1.27 bits per heavy atom. The third-order valence-electron chi connectivity index (χ3n) is 5.21. The van der Waals surface area contributed by atoms with Gasteiger partial charge in [0.05, 0.1) is 27.6 Å². The molecule has 0 bridgehead atoms. The molecule has 4 rings (SSSR count). The maximum absolute atomic E-state index is 12.8. The molecule has 0 aliphatic carbocycles. The second-order valence-electron chi connectivity index (χ2n) is 7.39. The number of nitrogens with one attached hydrogen (secondary N) is 2. The number of fused-ring (bicyclic) bond motifs is 2. The second kappa shape index (κ2) is 8.79. The Morgan fingerprint density at radius 3 is 2.90 bits per heavy atom. The molecule has 0 radical (unpaired) electrons. The van der Waals surface area contributed by atoms with Gasteiger partial charge in [0.2, 0.25) is 0 Å².